The number of halogens is 1. The Labute approximate surface area is 121 Å². The Kier molecular flexibility index (Phi) is 5.82. The molecule has 5 heteroatoms. The van der Waals surface area contributed by atoms with Gasteiger partial charge in [-0.05, 0) is 5.56 Å². The second-order valence-electron chi connectivity index (χ2n) is 4.55. The molecule has 0 saturated carbocycles. The summed E-state index contributed by atoms with van der Waals surface area (Å²) < 4.78 is 10.6. The molecule has 19 heavy (non-hydrogen) atoms. The van der Waals surface area contributed by atoms with Crippen molar-refractivity contribution in [1.82, 2.24) is 0 Å². The highest BCUT2D eigenvalue weighted by Crippen LogP contribution is 2.23. The Balaban J connectivity index is 1.72. The number of alkyl halides is 1. The summed E-state index contributed by atoms with van der Waals surface area (Å²) in [6.45, 7) is 4.90. The Morgan fingerprint density at radius 3 is 2.68 bits per heavy atom. The molecule has 1 aliphatic rings. The molecule has 2 rings (SSSR count). The van der Waals surface area contributed by atoms with Crippen molar-refractivity contribution in [2.45, 2.75) is 4.83 Å². The number of ether oxygens (including phenoxy) is 2. The minimum atomic E-state index is -0.381. The van der Waals surface area contributed by atoms with Gasteiger partial charge in [0.05, 0.1) is 13.2 Å². The van der Waals surface area contributed by atoms with Crippen molar-refractivity contribution in [2.24, 2.45) is 0 Å². The third kappa shape index (κ3) is 4.60. The number of hydrogen-bond donors (Lipinski definition) is 1. The number of carbonyl (C=O) groups is 1. The quantitative estimate of drug-likeness (QED) is 0.635. The van der Waals surface area contributed by atoms with E-state index in [1.807, 2.05) is 30.3 Å². The van der Waals surface area contributed by atoms with Gasteiger partial charge in [-0.15, -0.1) is 0 Å². The smallest absolute Gasteiger partial charge is 0.324 e. The highest BCUT2D eigenvalue weighted by atomic mass is 79.9. The van der Waals surface area contributed by atoms with Gasteiger partial charge in [-0.25, -0.2) is 0 Å². The van der Waals surface area contributed by atoms with Crippen LogP contribution in [0.15, 0.2) is 30.3 Å². The summed E-state index contributed by atoms with van der Waals surface area (Å²) in [6.07, 6.45) is 0. The van der Waals surface area contributed by atoms with Crippen LogP contribution in [0.3, 0.4) is 0 Å². The number of carbonyl (C=O) groups excluding carboxylic acids is 1. The molecular formula is C14H19BrNO3+. The SMILES string of the molecule is O=C(OCC[NH+]1CCOCC1)C(Br)c1ccccc1. The molecule has 1 heterocycles. The van der Waals surface area contributed by atoms with Gasteiger partial charge in [0.2, 0.25) is 0 Å². The van der Waals surface area contributed by atoms with Gasteiger partial charge in [-0.3, -0.25) is 4.79 Å². The first-order valence-electron chi connectivity index (χ1n) is 6.54. The number of rotatable bonds is 5. The molecule has 1 unspecified atom stereocenters. The van der Waals surface area contributed by atoms with Crippen molar-refractivity contribution < 1.29 is 19.2 Å². The van der Waals surface area contributed by atoms with Crippen LogP contribution in [0.4, 0.5) is 0 Å². The molecule has 1 aromatic carbocycles. The molecule has 0 radical (unpaired) electrons. The normalized spacial score (nSPS) is 17.9. The van der Waals surface area contributed by atoms with Crippen molar-refractivity contribution >= 4 is 21.9 Å². The molecule has 0 aromatic heterocycles. The lowest BCUT2D eigenvalue weighted by atomic mass is 10.1. The number of morpholine rings is 1. The highest BCUT2D eigenvalue weighted by molar-refractivity contribution is 9.09. The summed E-state index contributed by atoms with van der Waals surface area (Å²) in [5.41, 5.74) is 0.922. The van der Waals surface area contributed by atoms with E-state index in [9.17, 15) is 4.79 Å². The highest BCUT2D eigenvalue weighted by Gasteiger charge is 2.19. The first-order chi connectivity index (χ1) is 9.27. The number of hydrogen-bond acceptors (Lipinski definition) is 3. The lowest BCUT2D eigenvalue weighted by Crippen LogP contribution is -3.14. The van der Waals surface area contributed by atoms with Crippen LogP contribution < -0.4 is 4.90 Å². The minimum absolute atomic E-state index is 0.223. The van der Waals surface area contributed by atoms with Crippen molar-refractivity contribution in [3.05, 3.63) is 35.9 Å². The fourth-order valence-corrected chi connectivity index (χ4v) is 2.47. The monoisotopic (exact) mass is 328 g/mol. The van der Waals surface area contributed by atoms with Crippen LogP contribution in [0.1, 0.15) is 10.4 Å². The molecule has 1 aliphatic heterocycles. The van der Waals surface area contributed by atoms with E-state index in [0.717, 1.165) is 38.4 Å². The van der Waals surface area contributed by atoms with Gasteiger partial charge in [0, 0.05) is 0 Å². The summed E-state index contributed by atoms with van der Waals surface area (Å²) in [7, 11) is 0. The molecule has 4 nitrogen and oxygen atoms in total. The molecule has 1 aromatic rings. The van der Waals surface area contributed by atoms with Gasteiger partial charge in [-0.2, -0.15) is 0 Å². The predicted molar refractivity (Wildman–Crippen MR) is 75.5 cm³/mol. The van der Waals surface area contributed by atoms with Crippen LogP contribution in [-0.2, 0) is 14.3 Å². The topological polar surface area (TPSA) is 40.0 Å². The maximum absolute atomic E-state index is 11.9. The van der Waals surface area contributed by atoms with E-state index in [1.54, 1.807) is 0 Å². The van der Waals surface area contributed by atoms with Crippen molar-refractivity contribution in [3.8, 4) is 0 Å². The zero-order chi connectivity index (χ0) is 13.5. The molecule has 1 N–H and O–H groups in total. The van der Waals surface area contributed by atoms with Crippen molar-refractivity contribution in [3.63, 3.8) is 0 Å². The first-order valence-corrected chi connectivity index (χ1v) is 7.46. The van der Waals surface area contributed by atoms with Crippen LogP contribution in [0.2, 0.25) is 0 Å². The van der Waals surface area contributed by atoms with E-state index < -0.39 is 0 Å². The minimum Gasteiger partial charge on any atom is -0.459 e. The van der Waals surface area contributed by atoms with E-state index in [1.165, 1.54) is 4.90 Å². The van der Waals surface area contributed by atoms with E-state index in [2.05, 4.69) is 15.9 Å². The number of quaternary nitrogens is 1. The van der Waals surface area contributed by atoms with Crippen molar-refractivity contribution in [1.29, 1.82) is 0 Å². The summed E-state index contributed by atoms with van der Waals surface area (Å²) in [5, 5.41) is 0. The van der Waals surface area contributed by atoms with E-state index in [0.29, 0.717) is 6.61 Å². The Morgan fingerprint density at radius 1 is 1.32 bits per heavy atom. The average Bonchev–Trinajstić information content (AvgIpc) is 2.48. The fourth-order valence-electron chi connectivity index (χ4n) is 2.04. The van der Waals surface area contributed by atoms with E-state index in [4.69, 9.17) is 9.47 Å². The van der Waals surface area contributed by atoms with Gasteiger partial charge in [-0.1, -0.05) is 46.3 Å². The number of nitrogens with one attached hydrogen (secondary N) is 1. The summed E-state index contributed by atoms with van der Waals surface area (Å²) in [6, 6.07) is 9.57. The van der Waals surface area contributed by atoms with E-state index >= 15 is 0 Å². The molecule has 1 atom stereocenters. The van der Waals surface area contributed by atoms with Gasteiger partial charge >= 0.3 is 5.97 Å². The molecule has 0 bridgehead atoms. The second kappa shape index (κ2) is 7.62. The molecule has 104 valence electrons. The van der Waals surface area contributed by atoms with Crippen LogP contribution in [0.5, 0.6) is 0 Å². The summed E-state index contributed by atoms with van der Waals surface area (Å²) >= 11 is 3.38. The Morgan fingerprint density at radius 2 is 2.00 bits per heavy atom. The van der Waals surface area contributed by atoms with Gasteiger partial charge < -0.3 is 14.4 Å². The third-order valence-electron chi connectivity index (χ3n) is 3.20. The molecule has 0 amide bonds. The number of benzene rings is 1. The predicted octanol–water partition coefficient (Wildman–Crippen LogP) is 0.581. The van der Waals surface area contributed by atoms with Crippen LogP contribution in [-0.4, -0.2) is 45.4 Å². The second-order valence-corrected chi connectivity index (χ2v) is 5.47. The fraction of sp³-hybridized carbons (Fsp3) is 0.500. The molecular weight excluding hydrogens is 310 g/mol. The largest absolute Gasteiger partial charge is 0.459 e. The molecule has 0 spiro atoms. The lowest BCUT2D eigenvalue weighted by Gasteiger charge is -2.23. The molecule has 1 saturated heterocycles. The lowest BCUT2D eigenvalue weighted by molar-refractivity contribution is -0.908. The van der Waals surface area contributed by atoms with Crippen molar-refractivity contribution in [2.75, 3.05) is 39.5 Å². The first kappa shape index (κ1) is 14.5. The van der Waals surface area contributed by atoms with Crippen LogP contribution in [0.25, 0.3) is 0 Å². The maximum atomic E-state index is 11.9. The molecule has 1 fully saturated rings. The summed E-state index contributed by atoms with van der Waals surface area (Å²) in [5.74, 6) is -0.223. The third-order valence-corrected chi connectivity index (χ3v) is 4.10. The number of esters is 1. The van der Waals surface area contributed by atoms with Crippen LogP contribution in [0, 0.1) is 0 Å². The standard InChI is InChI=1S/C14H18BrNO3/c15-13(12-4-2-1-3-5-12)14(17)19-11-8-16-6-9-18-10-7-16/h1-5,13H,6-11H2/p+1. The average molecular weight is 329 g/mol. The Bertz CT molecular complexity index is 393. The zero-order valence-corrected chi connectivity index (χ0v) is 12.4. The molecule has 0 aliphatic carbocycles. The van der Waals surface area contributed by atoms with Crippen LogP contribution >= 0.6 is 15.9 Å². The van der Waals surface area contributed by atoms with Gasteiger partial charge in [0.25, 0.3) is 0 Å². The van der Waals surface area contributed by atoms with Gasteiger partial charge in [0.1, 0.15) is 31.1 Å². The Hall–Kier alpha value is -0.910. The summed E-state index contributed by atoms with van der Waals surface area (Å²) in [4.78, 5) is 12.9. The van der Waals surface area contributed by atoms with Gasteiger partial charge in [0.15, 0.2) is 0 Å². The zero-order valence-electron chi connectivity index (χ0n) is 10.8. The maximum Gasteiger partial charge on any atom is 0.324 e. The van der Waals surface area contributed by atoms with E-state index in [-0.39, 0.29) is 10.8 Å².